The third-order valence-corrected chi connectivity index (χ3v) is 4.53. The summed E-state index contributed by atoms with van der Waals surface area (Å²) in [6, 6.07) is 8.44. The SMILES string of the molecule is COC(=O)c1cccc(CN(CC(C)C)C2CCNCC2)c1.O=C(O)/C=C/C(=O)O. The fraction of sp³-hybridized carbons (Fsp3) is 0.500. The van der Waals surface area contributed by atoms with E-state index in [4.69, 9.17) is 14.9 Å². The van der Waals surface area contributed by atoms with Gasteiger partial charge < -0.3 is 20.3 Å². The van der Waals surface area contributed by atoms with Gasteiger partial charge >= 0.3 is 17.9 Å². The van der Waals surface area contributed by atoms with Gasteiger partial charge in [0.1, 0.15) is 0 Å². The van der Waals surface area contributed by atoms with Gasteiger partial charge in [-0.2, -0.15) is 0 Å². The number of methoxy groups -OCH3 is 1. The summed E-state index contributed by atoms with van der Waals surface area (Å²) in [5.41, 5.74) is 1.82. The maximum absolute atomic E-state index is 11.7. The van der Waals surface area contributed by atoms with Crippen LogP contribution in [0.15, 0.2) is 36.4 Å². The number of benzene rings is 1. The first-order valence-electron chi connectivity index (χ1n) is 9.98. The number of nitrogens with zero attached hydrogens (tertiary/aromatic N) is 1. The van der Waals surface area contributed by atoms with E-state index in [0.717, 1.165) is 26.2 Å². The van der Waals surface area contributed by atoms with Crippen molar-refractivity contribution in [2.24, 2.45) is 5.92 Å². The van der Waals surface area contributed by atoms with Crippen molar-refractivity contribution in [1.29, 1.82) is 0 Å². The number of hydrogen-bond acceptors (Lipinski definition) is 6. The molecule has 1 aliphatic rings. The number of carboxylic acids is 2. The number of carbonyl (C=O) groups excluding carboxylic acids is 1. The Morgan fingerprint density at radius 2 is 1.77 bits per heavy atom. The second kappa shape index (κ2) is 13.5. The normalized spacial score (nSPS) is 14.4. The highest BCUT2D eigenvalue weighted by molar-refractivity contribution is 5.90. The largest absolute Gasteiger partial charge is 0.478 e. The molecule has 0 aliphatic carbocycles. The number of esters is 1. The van der Waals surface area contributed by atoms with Crippen molar-refractivity contribution >= 4 is 17.9 Å². The third kappa shape index (κ3) is 10.2. The molecule has 2 rings (SSSR count). The van der Waals surface area contributed by atoms with Gasteiger partial charge in [-0.25, -0.2) is 14.4 Å². The number of piperidine rings is 1. The molecule has 0 bridgehead atoms. The summed E-state index contributed by atoms with van der Waals surface area (Å²) in [4.78, 5) is 33.4. The van der Waals surface area contributed by atoms with Crippen molar-refractivity contribution in [3.63, 3.8) is 0 Å². The number of nitrogens with one attached hydrogen (secondary N) is 1. The van der Waals surface area contributed by atoms with Crippen LogP contribution in [0, 0.1) is 5.92 Å². The summed E-state index contributed by atoms with van der Waals surface area (Å²) in [7, 11) is 1.43. The van der Waals surface area contributed by atoms with Gasteiger partial charge in [-0.3, -0.25) is 4.90 Å². The maximum atomic E-state index is 11.7. The maximum Gasteiger partial charge on any atom is 0.337 e. The molecule has 1 saturated heterocycles. The van der Waals surface area contributed by atoms with E-state index in [1.165, 1.54) is 25.5 Å². The van der Waals surface area contributed by atoms with E-state index < -0.39 is 11.9 Å². The Hall–Kier alpha value is -2.71. The average molecular weight is 421 g/mol. The smallest absolute Gasteiger partial charge is 0.337 e. The first-order chi connectivity index (χ1) is 14.2. The summed E-state index contributed by atoms with van der Waals surface area (Å²) in [6.07, 6.45) is 3.51. The molecule has 0 amide bonds. The molecule has 0 radical (unpaired) electrons. The molecule has 8 nitrogen and oxygen atoms in total. The molecule has 8 heteroatoms. The summed E-state index contributed by atoms with van der Waals surface area (Å²) in [6.45, 7) is 8.71. The summed E-state index contributed by atoms with van der Waals surface area (Å²) in [5, 5.41) is 19.1. The van der Waals surface area contributed by atoms with Crippen molar-refractivity contribution < 1.29 is 29.3 Å². The Bertz CT molecular complexity index is 710. The van der Waals surface area contributed by atoms with Crippen LogP contribution >= 0.6 is 0 Å². The Kier molecular flexibility index (Phi) is 11.4. The first kappa shape index (κ1) is 25.3. The minimum Gasteiger partial charge on any atom is -0.478 e. The number of carboxylic acid groups (broad SMARTS) is 2. The monoisotopic (exact) mass is 420 g/mol. The highest BCUT2D eigenvalue weighted by Crippen LogP contribution is 2.18. The highest BCUT2D eigenvalue weighted by Gasteiger charge is 2.22. The Labute approximate surface area is 177 Å². The molecule has 1 aromatic carbocycles. The van der Waals surface area contributed by atoms with E-state index in [1.54, 1.807) is 0 Å². The molecular formula is C22H32N2O6. The zero-order valence-corrected chi connectivity index (χ0v) is 17.8. The lowest BCUT2D eigenvalue weighted by atomic mass is 10.0. The molecule has 166 valence electrons. The summed E-state index contributed by atoms with van der Waals surface area (Å²) < 4.78 is 4.82. The van der Waals surface area contributed by atoms with Crippen LogP contribution in [0.3, 0.4) is 0 Å². The molecular weight excluding hydrogens is 388 g/mol. The molecule has 0 saturated carbocycles. The minimum absolute atomic E-state index is 0.265. The standard InChI is InChI=1S/C18H28N2O2.C4H4O4/c1-14(2)12-20(17-7-9-19-10-8-17)13-15-5-4-6-16(11-15)18(21)22-3;5-3(6)1-2-4(7)8/h4-6,11,14,17,19H,7-10,12-13H2,1-3H3;1-2H,(H,5,6)(H,7,8)/b;2-1+. The zero-order valence-electron chi connectivity index (χ0n) is 17.8. The molecule has 1 heterocycles. The van der Waals surface area contributed by atoms with Crippen molar-refractivity contribution in [1.82, 2.24) is 10.2 Å². The second-order valence-corrected chi connectivity index (χ2v) is 7.51. The number of ether oxygens (including phenoxy) is 1. The molecule has 1 aromatic rings. The zero-order chi connectivity index (χ0) is 22.5. The van der Waals surface area contributed by atoms with Gasteiger partial charge in [-0.1, -0.05) is 26.0 Å². The number of aliphatic carboxylic acids is 2. The number of carbonyl (C=O) groups is 3. The van der Waals surface area contributed by atoms with Crippen LogP contribution in [0.25, 0.3) is 0 Å². The third-order valence-electron chi connectivity index (χ3n) is 4.53. The molecule has 0 unspecified atom stereocenters. The van der Waals surface area contributed by atoms with E-state index in [0.29, 0.717) is 29.7 Å². The molecule has 30 heavy (non-hydrogen) atoms. The molecule has 0 spiro atoms. The first-order valence-corrected chi connectivity index (χ1v) is 9.98. The van der Waals surface area contributed by atoms with Gasteiger partial charge in [0, 0.05) is 31.3 Å². The Balaban J connectivity index is 0.000000479. The highest BCUT2D eigenvalue weighted by atomic mass is 16.5. The van der Waals surface area contributed by atoms with Gasteiger partial charge in [0.05, 0.1) is 12.7 Å². The van der Waals surface area contributed by atoms with Crippen molar-refractivity contribution in [3.05, 3.63) is 47.5 Å². The molecule has 1 aliphatic heterocycles. The van der Waals surface area contributed by atoms with Crippen LogP contribution in [-0.4, -0.2) is 65.8 Å². The molecule has 1 fully saturated rings. The lowest BCUT2D eigenvalue weighted by molar-refractivity contribution is -0.134. The average Bonchev–Trinajstić information content (AvgIpc) is 2.72. The topological polar surface area (TPSA) is 116 Å². The van der Waals surface area contributed by atoms with Crippen LogP contribution in [0.1, 0.15) is 42.6 Å². The number of hydrogen-bond donors (Lipinski definition) is 3. The Morgan fingerprint density at radius 3 is 2.27 bits per heavy atom. The van der Waals surface area contributed by atoms with Crippen molar-refractivity contribution in [2.75, 3.05) is 26.7 Å². The lowest BCUT2D eigenvalue weighted by Crippen LogP contribution is -2.44. The summed E-state index contributed by atoms with van der Waals surface area (Å²) >= 11 is 0. The van der Waals surface area contributed by atoms with Crippen LogP contribution in [0.4, 0.5) is 0 Å². The van der Waals surface area contributed by atoms with Gasteiger partial charge in [0.15, 0.2) is 0 Å². The molecule has 0 aromatic heterocycles. The quantitative estimate of drug-likeness (QED) is 0.434. The van der Waals surface area contributed by atoms with E-state index in [1.807, 2.05) is 18.2 Å². The second-order valence-electron chi connectivity index (χ2n) is 7.51. The van der Waals surface area contributed by atoms with Gasteiger partial charge in [0.25, 0.3) is 0 Å². The van der Waals surface area contributed by atoms with E-state index in [2.05, 4.69) is 30.1 Å². The lowest BCUT2D eigenvalue weighted by Gasteiger charge is -2.36. The van der Waals surface area contributed by atoms with Crippen LogP contribution < -0.4 is 5.32 Å². The minimum atomic E-state index is -1.26. The van der Waals surface area contributed by atoms with Gasteiger partial charge in [-0.05, 0) is 49.5 Å². The molecule has 3 N–H and O–H groups in total. The fourth-order valence-electron chi connectivity index (χ4n) is 3.28. The van der Waals surface area contributed by atoms with E-state index in [-0.39, 0.29) is 5.97 Å². The Morgan fingerprint density at radius 1 is 1.17 bits per heavy atom. The predicted octanol–water partition coefficient (Wildman–Crippen LogP) is 2.39. The van der Waals surface area contributed by atoms with Gasteiger partial charge in [0.2, 0.25) is 0 Å². The van der Waals surface area contributed by atoms with Crippen molar-refractivity contribution in [3.8, 4) is 0 Å². The number of rotatable bonds is 8. The van der Waals surface area contributed by atoms with Crippen LogP contribution in [0.5, 0.6) is 0 Å². The summed E-state index contributed by atoms with van der Waals surface area (Å²) in [5.74, 6) is -2.14. The van der Waals surface area contributed by atoms with Gasteiger partial charge in [-0.15, -0.1) is 0 Å². The van der Waals surface area contributed by atoms with E-state index >= 15 is 0 Å². The fourth-order valence-corrected chi connectivity index (χ4v) is 3.28. The van der Waals surface area contributed by atoms with Crippen molar-refractivity contribution in [2.45, 2.75) is 39.3 Å². The van der Waals surface area contributed by atoms with Crippen LogP contribution in [0.2, 0.25) is 0 Å². The van der Waals surface area contributed by atoms with Crippen LogP contribution in [-0.2, 0) is 20.9 Å². The predicted molar refractivity (Wildman–Crippen MR) is 113 cm³/mol. The van der Waals surface area contributed by atoms with E-state index in [9.17, 15) is 14.4 Å². The molecule has 0 atom stereocenters.